The average molecular weight is 362 g/mol. The van der Waals surface area contributed by atoms with E-state index >= 15 is 0 Å². The Hall–Kier alpha value is -2.34. The summed E-state index contributed by atoms with van der Waals surface area (Å²) >= 11 is 5.87. The maximum absolute atomic E-state index is 12.2. The van der Waals surface area contributed by atoms with E-state index in [-0.39, 0.29) is 19.1 Å². The molecule has 0 saturated carbocycles. The third kappa shape index (κ3) is 5.32. The van der Waals surface area contributed by atoms with Gasteiger partial charge in [0.15, 0.2) is 0 Å². The third-order valence-corrected chi connectivity index (χ3v) is 3.85. The number of methoxy groups -OCH3 is 1. The van der Waals surface area contributed by atoms with Gasteiger partial charge in [-0.25, -0.2) is 0 Å². The Balaban J connectivity index is 2.24. The van der Waals surface area contributed by atoms with Crippen LogP contribution in [0.3, 0.4) is 0 Å². The van der Waals surface area contributed by atoms with Crippen LogP contribution in [0.25, 0.3) is 12.2 Å². The zero-order valence-electron chi connectivity index (χ0n) is 13.8. The lowest BCUT2D eigenvalue weighted by Crippen LogP contribution is -2.40. The zero-order chi connectivity index (χ0) is 18.2. The van der Waals surface area contributed by atoms with Crippen LogP contribution in [0.1, 0.15) is 21.5 Å². The minimum Gasteiger partial charge on any atom is -0.496 e. The second-order valence-electron chi connectivity index (χ2n) is 5.38. The summed E-state index contributed by atoms with van der Waals surface area (Å²) in [6, 6.07) is 11.7. The van der Waals surface area contributed by atoms with Gasteiger partial charge in [0, 0.05) is 16.1 Å². The molecule has 0 aromatic heterocycles. The molecule has 2 aromatic rings. The third-order valence-electron chi connectivity index (χ3n) is 3.59. The smallest absolute Gasteiger partial charge is 0.251 e. The monoisotopic (exact) mass is 361 g/mol. The molecule has 2 rings (SSSR count). The minimum atomic E-state index is -0.692. The van der Waals surface area contributed by atoms with Crippen molar-refractivity contribution in [1.29, 1.82) is 0 Å². The number of benzene rings is 2. The Morgan fingerprint density at radius 2 is 1.84 bits per heavy atom. The number of hydrogen-bond donors (Lipinski definition) is 3. The summed E-state index contributed by atoms with van der Waals surface area (Å²) in [6.07, 6.45) is 3.73. The van der Waals surface area contributed by atoms with Gasteiger partial charge in [-0.05, 0) is 35.9 Å². The van der Waals surface area contributed by atoms with Crippen molar-refractivity contribution in [2.75, 3.05) is 20.3 Å². The van der Waals surface area contributed by atoms with E-state index in [9.17, 15) is 4.79 Å². The highest BCUT2D eigenvalue weighted by atomic mass is 35.5. The standard InChI is InChI=1S/C19H20ClNO4/c1-25-18-9-6-15(19(24)21-17(11-22)12-23)10-14(18)5-2-13-3-7-16(20)8-4-13/h2-10,17,22-23H,11-12H2,1H3,(H,21,24)/b5-2+. The molecule has 0 aliphatic heterocycles. The van der Waals surface area contributed by atoms with Crippen molar-refractivity contribution in [3.63, 3.8) is 0 Å². The molecule has 0 atom stereocenters. The molecule has 0 fully saturated rings. The van der Waals surface area contributed by atoms with Gasteiger partial charge in [-0.2, -0.15) is 0 Å². The fraction of sp³-hybridized carbons (Fsp3) is 0.211. The van der Waals surface area contributed by atoms with Crippen LogP contribution in [0.2, 0.25) is 5.02 Å². The van der Waals surface area contributed by atoms with Gasteiger partial charge < -0.3 is 20.3 Å². The molecule has 5 nitrogen and oxygen atoms in total. The summed E-state index contributed by atoms with van der Waals surface area (Å²) in [7, 11) is 1.56. The van der Waals surface area contributed by atoms with Crippen LogP contribution in [0.5, 0.6) is 5.75 Å². The molecular weight excluding hydrogens is 342 g/mol. The molecule has 0 bridgehead atoms. The zero-order valence-corrected chi connectivity index (χ0v) is 14.5. The number of halogens is 1. The highest BCUT2D eigenvalue weighted by Gasteiger charge is 2.13. The van der Waals surface area contributed by atoms with E-state index in [1.165, 1.54) is 0 Å². The lowest BCUT2D eigenvalue weighted by atomic mass is 10.1. The van der Waals surface area contributed by atoms with E-state index in [2.05, 4.69) is 5.32 Å². The molecule has 0 heterocycles. The Morgan fingerprint density at radius 3 is 2.44 bits per heavy atom. The molecule has 3 N–H and O–H groups in total. The van der Waals surface area contributed by atoms with E-state index < -0.39 is 6.04 Å². The van der Waals surface area contributed by atoms with Gasteiger partial charge in [-0.1, -0.05) is 35.9 Å². The first kappa shape index (κ1) is 19.0. The first-order valence-corrected chi connectivity index (χ1v) is 8.09. The quantitative estimate of drug-likeness (QED) is 0.662. The fourth-order valence-electron chi connectivity index (χ4n) is 2.18. The number of aliphatic hydroxyl groups excluding tert-OH is 2. The van der Waals surface area contributed by atoms with Crippen molar-refractivity contribution < 1.29 is 19.7 Å². The first-order chi connectivity index (χ1) is 12.1. The van der Waals surface area contributed by atoms with Crippen LogP contribution in [-0.4, -0.2) is 42.5 Å². The molecular formula is C19H20ClNO4. The summed E-state index contributed by atoms with van der Waals surface area (Å²) in [5, 5.41) is 21.4. The molecule has 0 radical (unpaired) electrons. The molecule has 132 valence electrons. The summed E-state index contributed by atoms with van der Waals surface area (Å²) in [4.78, 5) is 12.2. The molecule has 0 unspecified atom stereocenters. The molecule has 0 spiro atoms. The minimum absolute atomic E-state index is 0.332. The molecule has 25 heavy (non-hydrogen) atoms. The number of ether oxygens (including phenoxy) is 1. The van der Waals surface area contributed by atoms with Gasteiger partial charge in [-0.3, -0.25) is 4.79 Å². The largest absolute Gasteiger partial charge is 0.496 e. The van der Waals surface area contributed by atoms with Crippen molar-refractivity contribution in [1.82, 2.24) is 5.32 Å². The van der Waals surface area contributed by atoms with Crippen molar-refractivity contribution in [2.24, 2.45) is 0 Å². The fourth-order valence-corrected chi connectivity index (χ4v) is 2.31. The Kier molecular flexibility index (Phi) is 7.01. The summed E-state index contributed by atoms with van der Waals surface area (Å²) < 4.78 is 5.33. The highest BCUT2D eigenvalue weighted by molar-refractivity contribution is 6.30. The van der Waals surface area contributed by atoms with Crippen LogP contribution in [0.4, 0.5) is 0 Å². The van der Waals surface area contributed by atoms with Gasteiger partial charge in [0.2, 0.25) is 0 Å². The van der Waals surface area contributed by atoms with Crippen LogP contribution in [-0.2, 0) is 0 Å². The highest BCUT2D eigenvalue weighted by Crippen LogP contribution is 2.23. The molecule has 0 saturated heterocycles. The van der Waals surface area contributed by atoms with Crippen molar-refractivity contribution in [3.8, 4) is 5.75 Å². The van der Waals surface area contributed by atoms with Crippen LogP contribution < -0.4 is 10.1 Å². The lowest BCUT2D eigenvalue weighted by Gasteiger charge is -2.14. The molecule has 0 aliphatic rings. The van der Waals surface area contributed by atoms with E-state index in [4.69, 9.17) is 26.6 Å². The number of carbonyl (C=O) groups is 1. The van der Waals surface area contributed by atoms with E-state index in [0.29, 0.717) is 16.3 Å². The van der Waals surface area contributed by atoms with Crippen molar-refractivity contribution in [3.05, 3.63) is 64.2 Å². The number of hydrogen-bond acceptors (Lipinski definition) is 4. The summed E-state index contributed by atoms with van der Waals surface area (Å²) in [5.74, 6) is 0.250. The number of nitrogens with one attached hydrogen (secondary N) is 1. The molecule has 0 aliphatic carbocycles. The Labute approximate surface area is 151 Å². The van der Waals surface area contributed by atoms with Gasteiger partial charge in [0.05, 0.1) is 26.4 Å². The van der Waals surface area contributed by atoms with Crippen molar-refractivity contribution in [2.45, 2.75) is 6.04 Å². The second-order valence-corrected chi connectivity index (χ2v) is 5.81. The lowest BCUT2D eigenvalue weighted by molar-refractivity contribution is 0.0879. The predicted molar refractivity (Wildman–Crippen MR) is 98.8 cm³/mol. The van der Waals surface area contributed by atoms with Crippen LogP contribution in [0.15, 0.2) is 42.5 Å². The summed E-state index contributed by atoms with van der Waals surface area (Å²) in [5.41, 5.74) is 2.10. The topological polar surface area (TPSA) is 78.8 Å². The second kappa shape index (κ2) is 9.22. The average Bonchev–Trinajstić information content (AvgIpc) is 2.65. The number of rotatable bonds is 7. The predicted octanol–water partition coefficient (Wildman–Crippen LogP) is 2.60. The summed E-state index contributed by atoms with van der Waals surface area (Å²) in [6.45, 7) is -0.663. The van der Waals surface area contributed by atoms with Crippen LogP contribution in [0, 0.1) is 0 Å². The Bertz CT molecular complexity index is 740. The van der Waals surface area contributed by atoms with Crippen molar-refractivity contribution >= 4 is 29.7 Å². The molecule has 6 heteroatoms. The van der Waals surface area contributed by atoms with E-state index in [1.54, 1.807) is 37.4 Å². The number of carbonyl (C=O) groups excluding carboxylic acids is 1. The van der Waals surface area contributed by atoms with Gasteiger partial charge >= 0.3 is 0 Å². The molecule has 2 aromatic carbocycles. The first-order valence-electron chi connectivity index (χ1n) is 7.71. The van der Waals surface area contributed by atoms with Gasteiger partial charge in [0.1, 0.15) is 5.75 Å². The van der Waals surface area contributed by atoms with Gasteiger partial charge in [-0.15, -0.1) is 0 Å². The van der Waals surface area contributed by atoms with Crippen LogP contribution >= 0.6 is 11.6 Å². The maximum atomic E-state index is 12.2. The SMILES string of the molecule is COc1ccc(C(=O)NC(CO)CO)cc1/C=C/c1ccc(Cl)cc1. The molecule has 1 amide bonds. The number of aliphatic hydroxyl groups is 2. The van der Waals surface area contributed by atoms with E-state index in [0.717, 1.165) is 11.1 Å². The Morgan fingerprint density at radius 1 is 1.16 bits per heavy atom. The van der Waals surface area contributed by atoms with E-state index in [1.807, 2.05) is 24.3 Å². The number of amides is 1. The maximum Gasteiger partial charge on any atom is 0.251 e. The normalized spacial score (nSPS) is 11.1. The van der Waals surface area contributed by atoms with Gasteiger partial charge in [0.25, 0.3) is 5.91 Å².